The summed E-state index contributed by atoms with van der Waals surface area (Å²) in [7, 11) is 1.58. The molecule has 2 aromatic rings. The van der Waals surface area contributed by atoms with Gasteiger partial charge < -0.3 is 15.0 Å². The van der Waals surface area contributed by atoms with E-state index >= 15 is 0 Å². The maximum atomic E-state index is 13.4. The van der Waals surface area contributed by atoms with Gasteiger partial charge in [0.05, 0.1) is 25.1 Å². The summed E-state index contributed by atoms with van der Waals surface area (Å²) in [6.45, 7) is 3.63. The van der Waals surface area contributed by atoms with Crippen LogP contribution >= 0.6 is 11.3 Å². The number of aromatic nitrogens is 2. The van der Waals surface area contributed by atoms with E-state index in [4.69, 9.17) is 4.74 Å². The first-order valence-electron chi connectivity index (χ1n) is 10.3. The largest absolute Gasteiger partial charge is 0.383 e. The van der Waals surface area contributed by atoms with Crippen LogP contribution in [0.2, 0.25) is 0 Å². The van der Waals surface area contributed by atoms with Crippen molar-refractivity contribution in [2.45, 2.75) is 51.7 Å². The standard InChI is InChI=1S/C20H26N4O5S/c1-12-14(11-22-8-7-21-16(25)18(22)27)30-19-15(12)17(26)24(13-5-3-4-6-13)20(28)23(19)9-10-29-2/h13H,3-11H2,1-2H3,(H,21,25). The van der Waals surface area contributed by atoms with Gasteiger partial charge in [-0.15, -0.1) is 11.3 Å². The molecule has 10 heteroatoms. The van der Waals surface area contributed by atoms with Crippen LogP contribution in [0.4, 0.5) is 0 Å². The van der Waals surface area contributed by atoms with Crippen LogP contribution in [0.3, 0.4) is 0 Å². The SMILES string of the molecule is COCCn1c(=O)n(C2CCCC2)c(=O)c2c(C)c(CN3CCNC(=O)C3=O)sc21. The summed E-state index contributed by atoms with van der Waals surface area (Å²) < 4.78 is 8.24. The zero-order valence-electron chi connectivity index (χ0n) is 17.2. The van der Waals surface area contributed by atoms with E-state index in [9.17, 15) is 19.2 Å². The number of piperazine rings is 1. The normalized spacial score (nSPS) is 17.9. The van der Waals surface area contributed by atoms with Crippen molar-refractivity contribution in [1.29, 1.82) is 0 Å². The van der Waals surface area contributed by atoms with Gasteiger partial charge in [0.15, 0.2) is 0 Å². The predicted molar refractivity (Wildman–Crippen MR) is 113 cm³/mol. The van der Waals surface area contributed by atoms with Crippen LogP contribution in [-0.2, 0) is 27.4 Å². The fourth-order valence-corrected chi connectivity index (χ4v) is 5.71. The van der Waals surface area contributed by atoms with Crippen LogP contribution in [-0.4, -0.2) is 52.7 Å². The third-order valence-corrected chi connectivity index (χ3v) is 7.33. The van der Waals surface area contributed by atoms with Crippen molar-refractivity contribution >= 4 is 33.4 Å². The molecule has 1 aliphatic heterocycles. The summed E-state index contributed by atoms with van der Waals surface area (Å²) in [6, 6.07) is -0.0710. The summed E-state index contributed by atoms with van der Waals surface area (Å²) in [5.74, 6) is -1.18. The molecule has 3 heterocycles. The van der Waals surface area contributed by atoms with Gasteiger partial charge >= 0.3 is 17.5 Å². The van der Waals surface area contributed by atoms with E-state index in [2.05, 4.69) is 5.32 Å². The average Bonchev–Trinajstić information content (AvgIpc) is 3.34. The number of fused-ring (bicyclic) bond motifs is 1. The van der Waals surface area contributed by atoms with Gasteiger partial charge in [0.1, 0.15) is 4.83 Å². The molecule has 2 amide bonds. The Balaban J connectivity index is 1.85. The number of rotatable bonds is 6. The van der Waals surface area contributed by atoms with Gasteiger partial charge in [0.25, 0.3) is 5.56 Å². The average molecular weight is 435 g/mol. The van der Waals surface area contributed by atoms with Crippen LogP contribution < -0.4 is 16.6 Å². The fourth-order valence-electron chi connectivity index (χ4n) is 4.37. The van der Waals surface area contributed by atoms with E-state index in [0.717, 1.165) is 36.1 Å². The lowest BCUT2D eigenvalue weighted by Crippen LogP contribution is -2.51. The van der Waals surface area contributed by atoms with E-state index in [-0.39, 0.29) is 23.8 Å². The van der Waals surface area contributed by atoms with E-state index < -0.39 is 11.8 Å². The molecule has 1 saturated heterocycles. The number of methoxy groups -OCH3 is 1. The van der Waals surface area contributed by atoms with Gasteiger partial charge in [-0.1, -0.05) is 12.8 Å². The summed E-state index contributed by atoms with van der Waals surface area (Å²) in [4.78, 5) is 53.5. The second kappa shape index (κ2) is 8.35. The van der Waals surface area contributed by atoms with Crippen molar-refractivity contribution in [2.24, 2.45) is 0 Å². The molecule has 162 valence electrons. The first-order chi connectivity index (χ1) is 14.4. The summed E-state index contributed by atoms with van der Waals surface area (Å²) in [5.41, 5.74) is 0.229. The lowest BCUT2D eigenvalue weighted by atomic mass is 10.2. The fraction of sp³-hybridized carbons (Fsp3) is 0.600. The Kier molecular flexibility index (Phi) is 5.79. The summed E-state index contributed by atoms with van der Waals surface area (Å²) >= 11 is 1.35. The van der Waals surface area contributed by atoms with Crippen molar-refractivity contribution in [1.82, 2.24) is 19.4 Å². The molecule has 2 aromatic heterocycles. The summed E-state index contributed by atoms with van der Waals surface area (Å²) in [5, 5.41) is 3.07. The number of hydrogen-bond acceptors (Lipinski definition) is 6. The third kappa shape index (κ3) is 3.47. The van der Waals surface area contributed by atoms with Crippen LogP contribution in [0, 0.1) is 6.92 Å². The molecule has 0 aromatic carbocycles. The predicted octanol–water partition coefficient (Wildman–Crippen LogP) is 0.753. The highest BCUT2D eigenvalue weighted by Gasteiger charge is 2.29. The molecule has 2 fully saturated rings. The smallest absolute Gasteiger partial charge is 0.332 e. The number of aryl methyl sites for hydroxylation is 1. The zero-order valence-corrected chi connectivity index (χ0v) is 18.0. The molecule has 30 heavy (non-hydrogen) atoms. The number of nitrogens with zero attached hydrogens (tertiary/aromatic N) is 3. The van der Waals surface area contributed by atoms with Crippen molar-refractivity contribution in [3.8, 4) is 0 Å². The maximum absolute atomic E-state index is 13.4. The number of thiophene rings is 1. The van der Waals surface area contributed by atoms with Crippen LogP contribution in [0.25, 0.3) is 10.2 Å². The lowest BCUT2D eigenvalue weighted by Gasteiger charge is -2.26. The zero-order chi connectivity index (χ0) is 21.4. The van der Waals surface area contributed by atoms with Crippen molar-refractivity contribution < 1.29 is 14.3 Å². The van der Waals surface area contributed by atoms with Gasteiger partial charge in [-0.2, -0.15) is 0 Å². The Morgan fingerprint density at radius 2 is 1.90 bits per heavy atom. The third-order valence-electron chi connectivity index (χ3n) is 6.03. The molecular formula is C20H26N4O5S. The molecule has 2 aliphatic rings. The van der Waals surface area contributed by atoms with E-state index in [1.807, 2.05) is 6.92 Å². The van der Waals surface area contributed by atoms with E-state index in [1.54, 1.807) is 11.7 Å². The number of nitrogens with one attached hydrogen (secondary N) is 1. The molecule has 1 aliphatic carbocycles. The Labute approximate surface area is 177 Å². The minimum Gasteiger partial charge on any atom is -0.383 e. The van der Waals surface area contributed by atoms with Gasteiger partial charge in [0, 0.05) is 31.1 Å². The first kappa shape index (κ1) is 20.8. The summed E-state index contributed by atoms with van der Waals surface area (Å²) in [6.07, 6.45) is 3.69. The van der Waals surface area contributed by atoms with Crippen LogP contribution in [0.5, 0.6) is 0 Å². The second-order valence-electron chi connectivity index (χ2n) is 7.85. The van der Waals surface area contributed by atoms with E-state index in [1.165, 1.54) is 20.8 Å². The molecule has 0 spiro atoms. The van der Waals surface area contributed by atoms with Crippen molar-refractivity contribution in [2.75, 3.05) is 26.8 Å². The molecule has 1 N–H and O–H groups in total. The number of amides is 2. The number of carbonyl (C=O) groups excluding carboxylic acids is 2. The molecule has 4 rings (SSSR count). The number of ether oxygens (including phenoxy) is 1. The van der Waals surface area contributed by atoms with Crippen molar-refractivity contribution in [3.63, 3.8) is 0 Å². The molecule has 0 radical (unpaired) electrons. The molecule has 0 atom stereocenters. The number of carbonyl (C=O) groups is 2. The molecule has 0 unspecified atom stereocenters. The maximum Gasteiger partial charge on any atom is 0.332 e. The monoisotopic (exact) mass is 434 g/mol. The van der Waals surface area contributed by atoms with Gasteiger partial charge in [-0.25, -0.2) is 4.79 Å². The molecule has 0 bridgehead atoms. The Bertz CT molecular complexity index is 1110. The molecule has 9 nitrogen and oxygen atoms in total. The second-order valence-corrected chi connectivity index (χ2v) is 8.94. The van der Waals surface area contributed by atoms with Crippen molar-refractivity contribution in [3.05, 3.63) is 31.3 Å². The Hall–Kier alpha value is -2.46. The highest BCUT2D eigenvalue weighted by Crippen LogP contribution is 2.31. The highest BCUT2D eigenvalue weighted by molar-refractivity contribution is 7.18. The van der Waals surface area contributed by atoms with Gasteiger partial charge in [-0.3, -0.25) is 23.5 Å². The Morgan fingerprint density at radius 1 is 1.17 bits per heavy atom. The lowest BCUT2D eigenvalue weighted by molar-refractivity contribution is -0.148. The highest BCUT2D eigenvalue weighted by atomic mass is 32.1. The molecule has 1 saturated carbocycles. The quantitative estimate of drug-likeness (QED) is 0.676. The number of hydrogen-bond donors (Lipinski definition) is 1. The van der Waals surface area contributed by atoms with Crippen LogP contribution in [0.15, 0.2) is 9.59 Å². The van der Waals surface area contributed by atoms with E-state index in [0.29, 0.717) is 36.5 Å². The van der Waals surface area contributed by atoms with Crippen LogP contribution in [0.1, 0.15) is 42.2 Å². The topological polar surface area (TPSA) is 103 Å². The molecular weight excluding hydrogens is 408 g/mol. The van der Waals surface area contributed by atoms with Gasteiger partial charge in [-0.05, 0) is 25.3 Å². The Morgan fingerprint density at radius 3 is 2.60 bits per heavy atom. The first-order valence-corrected chi connectivity index (χ1v) is 11.1. The van der Waals surface area contributed by atoms with Gasteiger partial charge in [0.2, 0.25) is 0 Å². The minimum atomic E-state index is -0.611. The minimum absolute atomic E-state index is 0.0710.